The average molecular weight is 288 g/mol. The van der Waals surface area contributed by atoms with E-state index >= 15 is 0 Å². The summed E-state index contributed by atoms with van der Waals surface area (Å²) in [5.41, 5.74) is 5.32. The Hall–Kier alpha value is -1.26. The molecule has 1 heterocycles. The van der Waals surface area contributed by atoms with E-state index < -0.39 is 7.05 Å². The molecule has 0 fully saturated rings. The molecule has 2 aromatic rings. The second-order valence-corrected chi connectivity index (χ2v) is 5.16. The summed E-state index contributed by atoms with van der Waals surface area (Å²) in [6.45, 7) is 2.07. The molecule has 0 radical (unpaired) electrons. The van der Waals surface area contributed by atoms with Crippen molar-refractivity contribution in [3.8, 4) is 11.1 Å². The minimum atomic E-state index is -0.641. The molecule has 0 unspecified atom stereocenters. The first kappa shape index (κ1) is 10.9. The SMILES string of the molecule is Cc1cc(Br)c2c(c1)-c1ccccc1B(O)N2. The lowest BCUT2D eigenvalue weighted by molar-refractivity contribution is 0.593. The molecular weight excluding hydrogens is 277 g/mol. The van der Waals surface area contributed by atoms with Crippen LogP contribution in [0.3, 0.4) is 0 Å². The number of rotatable bonds is 0. The fourth-order valence-corrected chi connectivity index (χ4v) is 2.99. The summed E-state index contributed by atoms with van der Waals surface area (Å²) >= 11 is 3.54. The highest BCUT2D eigenvalue weighted by molar-refractivity contribution is 9.10. The summed E-state index contributed by atoms with van der Waals surface area (Å²) < 4.78 is 0.987. The summed E-state index contributed by atoms with van der Waals surface area (Å²) in [5.74, 6) is 0. The zero-order valence-corrected chi connectivity index (χ0v) is 11.0. The van der Waals surface area contributed by atoms with Crippen LogP contribution in [0.15, 0.2) is 40.9 Å². The number of anilines is 1. The smallest absolute Gasteiger partial charge is 0.429 e. The van der Waals surface area contributed by atoms with Crippen molar-refractivity contribution in [1.82, 2.24) is 0 Å². The van der Waals surface area contributed by atoms with Crippen molar-refractivity contribution in [2.45, 2.75) is 6.92 Å². The molecule has 0 saturated carbocycles. The van der Waals surface area contributed by atoms with Gasteiger partial charge in [-0.2, -0.15) is 0 Å². The van der Waals surface area contributed by atoms with Crippen molar-refractivity contribution in [3.05, 3.63) is 46.4 Å². The summed E-state index contributed by atoms with van der Waals surface area (Å²) in [5, 5.41) is 13.2. The Bertz CT molecular complexity index is 600. The monoisotopic (exact) mass is 287 g/mol. The number of hydrogen-bond donors (Lipinski definition) is 2. The molecule has 1 aliphatic rings. The third-order valence-electron chi connectivity index (χ3n) is 3.06. The van der Waals surface area contributed by atoms with Gasteiger partial charge in [0.15, 0.2) is 0 Å². The second-order valence-electron chi connectivity index (χ2n) is 4.30. The van der Waals surface area contributed by atoms with Crippen molar-refractivity contribution < 1.29 is 5.02 Å². The van der Waals surface area contributed by atoms with Gasteiger partial charge >= 0.3 is 7.05 Å². The normalized spacial score (nSPS) is 12.8. The Morgan fingerprint density at radius 2 is 1.94 bits per heavy atom. The maximum absolute atomic E-state index is 10.1. The highest BCUT2D eigenvalue weighted by Crippen LogP contribution is 2.37. The zero-order chi connectivity index (χ0) is 12.0. The van der Waals surface area contributed by atoms with Crippen LogP contribution in [0.5, 0.6) is 0 Å². The Labute approximate surface area is 109 Å². The quantitative estimate of drug-likeness (QED) is 0.730. The first-order valence-corrected chi connectivity index (χ1v) is 6.30. The number of hydrogen-bond acceptors (Lipinski definition) is 2. The Morgan fingerprint density at radius 3 is 2.76 bits per heavy atom. The lowest BCUT2D eigenvalue weighted by atomic mass is 9.67. The van der Waals surface area contributed by atoms with E-state index in [9.17, 15) is 5.02 Å². The molecule has 3 rings (SSSR count). The highest BCUT2D eigenvalue weighted by atomic mass is 79.9. The lowest BCUT2D eigenvalue weighted by Crippen LogP contribution is -2.42. The molecule has 0 aromatic heterocycles. The molecule has 0 spiro atoms. The summed E-state index contributed by atoms with van der Waals surface area (Å²) in [4.78, 5) is 0. The van der Waals surface area contributed by atoms with Crippen molar-refractivity contribution in [3.63, 3.8) is 0 Å². The van der Waals surface area contributed by atoms with Gasteiger partial charge in [0, 0.05) is 15.7 Å². The molecule has 0 saturated heterocycles. The maximum atomic E-state index is 10.1. The van der Waals surface area contributed by atoms with E-state index in [0.29, 0.717) is 0 Å². The van der Waals surface area contributed by atoms with Gasteiger partial charge in [-0.25, -0.2) is 0 Å². The largest absolute Gasteiger partial charge is 0.447 e. The van der Waals surface area contributed by atoms with Crippen LogP contribution in [0, 0.1) is 6.92 Å². The standard InChI is InChI=1S/C13H11BBrNO/c1-8-6-10-9-4-2-3-5-11(9)14(17)16-13(10)12(15)7-8/h2-7,16-17H,1H3. The van der Waals surface area contributed by atoms with Gasteiger partial charge in [0.25, 0.3) is 0 Å². The first-order valence-electron chi connectivity index (χ1n) is 5.51. The number of benzene rings is 2. The van der Waals surface area contributed by atoms with Crippen molar-refractivity contribution >= 4 is 34.1 Å². The third-order valence-corrected chi connectivity index (χ3v) is 3.69. The van der Waals surface area contributed by atoms with Crippen LogP contribution in [0.1, 0.15) is 5.56 Å². The Balaban J connectivity index is 2.33. The topological polar surface area (TPSA) is 32.3 Å². The van der Waals surface area contributed by atoms with Gasteiger partial charge in [0.05, 0.1) is 0 Å². The Morgan fingerprint density at radius 1 is 1.18 bits per heavy atom. The van der Waals surface area contributed by atoms with E-state index in [2.05, 4.69) is 34.1 Å². The second kappa shape index (κ2) is 3.89. The predicted molar refractivity (Wildman–Crippen MR) is 75.5 cm³/mol. The van der Waals surface area contributed by atoms with E-state index in [0.717, 1.165) is 26.7 Å². The van der Waals surface area contributed by atoms with Gasteiger partial charge in [-0.05, 0) is 51.6 Å². The molecule has 4 heteroatoms. The lowest BCUT2D eigenvalue weighted by Gasteiger charge is -2.25. The van der Waals surface area contributed by atoms with Crippen LogP contribution in [0.2, 0.25) is 0 Å². The van der Waals surface area contributed by atoms with Gasteiger partial charge < -0.3 is 10.3 Å². The van der Waals surface area contributed by atoms with Crippen LogP contribution in [0.4, 0.5) is 5.69 Å². The highest BCUT2D eigenvalue weighted by Gasteiger charge is 2.27. The number of aryl methyl sites for hydroxylation is 1. The van der Waals surface area contributed by atoms with Crippen LogP contribution < -0.4 is 10.7 Å². The van der Waals surface area contributed by atoms with Crippen molar-refractivity contribution in [1.29, 1.82) is 0 Å². The fraction of sp³-hybridized carbons (Fsp3) is 0.0769. The van der Waals surface area contributed by atoms with E-state index in [-0.39, 0.29) is 0 Å². The van der Waals surface area contributed by atoms with E-state index in [1.807, 2.05) is 30.3 Å². The van der Waals surface area contributed by atoms with Gasteiger partial charge in [0.1, 0.15) is 0 Å². The summed E-state index contributed by atoms with van der Waals surface area (Å²) in [7, 11) is -0.641. The number of nitrogens with one attached hydrogen (secondary N) is 1. The molecule has 0 aliphatic carbocycles. The molecule has 0 amide bonds. The van der Waals surface area contributed by atoms with Crippen LogP contribution in [0.25, 0.3) is 11.1 Å². The maximum Gasteiger partial charge on any atom is 0.447 e. The predicted octanol–water partition coefficient (Wildman–Crippen LogP) is 2.54. The summed E-state index contributed by atoms with van der Waals surface area (Å²) in [6, 6.07) is 12.1. The molecule has 2 N–H and O–H groups in total. The van der Waals surface area contributed by atoms with Gasteiger partial charge in [-0.15, -0.1) is 0 Å². The average Bonchev–Trinajstić information content (AvgIpc) is 2.31. The molecule has 17 heavy (non-hydrogen) atoms. The van der Waals surface area contributed by atoms with Crippen molar-refractivity contribution in [2.75, 3.05) is 5.23 Å². The van der Waals surface area contributed by atoms with Gasteiger partial charge in [-0.3, -0.25) is 0 Å². The minimum Gasteiger partial charge on any atom is -0.429 e. The number of halogens is 1. The molecule has 0 bridgehead atoms. The number of fused-ring (bicyclic) bond motifs is 3. The van der Waals surface area contributed by atoms with E-state index in [1.54, 1.807) is 0 Å². The third kappa shape index (κ3) is 1.68. The van der Waals surface area contributed by atoms with E-state index in [4.69, 9.17) is 0 Å². The molecular formula is C13H11BBrNO. The van der Waals surface area contributed by atoms with Crippen LogP contribution >= 0.6 is 15.9 Å². The fourth-order valence-electron chi connectivity index (χ4n) is 2.30. The van der Waals surface area contributed by atoms with Crippen LogP contribution in [-0.4, -0.2) is 12.1 Å². The van der Waals surface area contributed by atoms with Gasteiger partial charge in [-0.1, -0.05) is 24.3 Å². The summed E-state index contributed by atoms with van der Waals surface area (Å²) in [6.07, 6.45) is 0. The zero-order valence-electron chi connectivity index (χ0n) is 9.37. The van der Waals surface area contributed by atoms with Crippen molar-refractivity contribution in [2.24, 2.45) is 0 Å². The molecule has 2 aromatic carbocycles. The molecule has 1 aliphatic heterocycles. The first-order chi connectivity index (χ1) is 8.16. The van der Waals surface area contributed by atoms with E-state index in [1.165, 1.54) is 5.56 Å². The molecule has 0 atom stereocenters. The van der Waals surface area contributed by atoms with Gasteiger partial charge in [0.2, 0.25) is 0 Å². The minimum absolute atomic E-state index is 0.641. The Kier molecular flexibility index (Phi) is 2.49. The molecule has 2 nitrogen and oxygen atoms in total. The van der Waals surface area contributed by atoms with Crippen LogP contribution in [-0.2, 0) is 0 Å². The molecule has 84 valence electrons.